The predicted molar refractivity (Wildman–Crippen MR) is 77.1 cm³/mol. The van der Waals surface area contributed by atoms with Gasteiger partial charge in [0.1, 0.15) is 11.4 Å². The van der Waals surface area contributed by atoms with Gasteiger partial charge in [-0.15, -0.1) is 0 Å². The molecule has 1 rings (SSSR count). The van der Waals surface area contributed by atoms with Gasteiger partial charge in [0.15, 0.2) is 0 Å². The van der Waals surface area contributed by atoms with Crippen LogP contribution < -0.4 is 10.6 Å². The normalized spacial score (nSPS) is 12.8. The monoisotopic (exact) mass is 282 g/mol. The van der Waals surface area contributed by atoms with Crippen LogP contribution in [0.1, 0.15) is 39.3 Å². The van der Waals surface area contributed by atoms with E-state index in [4.69, 9.17) is 4.74 Å². The summed E-state index contributed by atoms with van der Waals surface area (Å²) in [6.07, 6.45) is -0.433. The van der Waals surface area contributed by atoms with Crippen LogP contribution >= 0.6 is 0 Å². The lowest BCUT2D eigenvalue weighted by molar-refractivity contribution is 0.0528. The Balaban J connectivity index is 2.26. The van der Waals surface area contributed by atoms with Crippen molar-refractivity contribution in [3.8, 4) is 0 Å². The molecule has 1 unspecified atom stereocenters. The number of benzene rings is 1. The highest BCUT2D eigenvalue weighted by Crippen LogP contribution is 2.12. The van der Waals surface area contributed by atoms with Gasteiger partial charge in [-0.2, -0.15) is 0 Å². The molecule has 1 atom stereocenters. The summed E-state index contributed by atoms with van der Waals surface area (Å²) in [4.78, 5) is 11.4. The second-order valence-corrected chi connectivity index (χ2v) is 5.66. The maximum atomic E-state index is 13.1. The van der Waals surface area contributed by atoms with Gasteiger partial charge in [-0.3, -0.25) is 0 Å². The third-order valence-electron chi connectivity index (χ3n) is 2.59. The Kier molecular flexibility index (Phi) is 5.95. The van der Waals surface area contributed by atoms with Crippen molar-refractivity contribution in [2.45, 2.75) is 39.3 Å². The minimum atomic E-state index is -0.494. The molecule has 112 valence electrons. The van der Waals surface area contributed by atoms with Gasteiger partial charge >= 0.3 is 6.09 Å². The fourth-order valence-electron chi connectivity index (χ4n) is 1.66. The summed E-state index contributed by atoms with van der Waals surface area (Å²) >= 11 is 0. The van der Waals surface area contributed by atoms with E-state index in [1.54, 1.807) is 6.07 Å². The maximum Gasteiger partial charge on any atom is 0.407 e. The molecule has 4 nitrogen and oxygen atoms in total. The first-order valence-corrected chi connectivity index (χ1v) is 6.73. The molecule has 0 radical (unpaired) electrons. The minimum absolute atomic E-state index is 0.0196. The number of carbonyl (C=O) groups is 1. The Hall–Kier alpha value is -1.62. The summed E-state index contributed by atoms with van der Waals surface area (Å²) in [6.45, 7) is 8.43. The first-order chi connectivity index (χ1) is 9.28. The summed E-state index contributed by atoms with van der Waals surface area (Å²) in [7, 11) is 0. The van der Waals surface area contributed by atoms with Crippen molar-refractivity contribution in [2.75, 3.05) is 13.1 Å². The summed E-state index contributed by atoms with van der Waals surface area (Å²) < 4.78 is 18.2. The Morgan fingerprint density at radius 1 is 1.35 bits per heavy atom. The molecular formula is C15H23FN2O2. The van der Waals surface area contributed by atoms with Crippen LogP contribution in [0.15, 0.2) is 24.3 Å². The van der Waals surface area contributed by atoms with Gasteiger partial charge in [-0.05, 0) is 45.4 Å². The van der Waals surface area contributed by atoms with Crippen LogP contribution in [-0.4, -0.2) is 24.8 Å². The van der Waals surface area contributed by atoms with Crippen molar-refractivity contribution in [3.63, 3.8) is 0 Å². The number of halogens is 1. The van der Waals surface area contributed by atoms with Crippen molar-refractivity contribution in [1.29, 1.82) is 0 Å². The number of rotatable bonds is 5. The zero-order valence-corrected chi connectivity index (χ0v) is 12.5. The van der Waals surface area contributed by atoms with Gasteiger partial charge in [0.2, 0.25) is 0 Å². The van der Waals surface area contributed by atoms with E-state index in [2.05, 4.69) is 10.6 Å². The number of alkyl carbamates (subject to hydrolysis) is 1. The van der Waals surface area contributed by atoms with Gasteiger partial charge < -0.3 is 15.4 Å². The zero-order valence-electron chi connectivity index (χ0n) is 12.5. The average Bonchev–Trinajstić information content (AvgIpc) is 2.32. The van der Waals surface area contributed by atoms with Crippen LogP contribution in [-0.2, 0) is 4.74 Å². The fraction of sp³-hybridized carbons (Fsp3) is 0.533. The van der Waals surface area contributed by atoms with Gasteiger partial charge in [-0.25, -0.2) is 9.18 Å². The number of amides is 1. The molecular weight excluding hydrogens is 259 g/mol. The molecule has 0 saturated carbocycles. The molecule has 0 heterocycles. The van der Waals surface area contributed by atoms with Crippen molar-refractivity contribution in [1.82, 2.24) is 10.6 Å². The minimum Gasteiger partial charge on any atom is -0.444 e. The van der Waals surface area contributed by atoms with Gasteiger partial charge in [0.25, 0.3) is 0 Å². The SMILES string of the molecule is CC(NCCNC(=O)OC(C)(C)C)c1cccc(F)c1. The molecule has 5 heteroatoms. The van der Waals surface area contributed by atoms with Crippen LogP contribution in [0, 0.1) is 5.82 Å². The van der Waals surface area contributed by atoms with E-state index in [-0.39, 0.29) is 11.9 Å². The summed E-state index contributed by atoms with van der Waals surface area (Å²) in [6, 6.07) is 6.48. The van der Waals surface area contributed by atoms with Crippen molar-refractivity contribution in [2.24, 2.45) is 0 Å². The molecule has 20 heavy (non-hydrogen) atoms. The summed E-state index contributed by atoms with van der Waals surface area (Å²) in [5.74, 6) is -0.247. The highest BCUT2D eigenvalue weighted by atomic mass is 19.1. The molecule has 1 aromatic carbocycles. The molecule has 2 N–H and O–H groups in total. The Bertz CT molecular complexity index is 444. The van der Waals surface area contributed by atoms with Crippen LogP contribution in [0.5, 0.6) is 0 Å². The number of ether oxygens (including phenoxy) is 1. The Labute approximate surface area is 119 Å². The molecule has 0 bridgehead atoms. The number of nitrogens with one attached hydrogen (secondary N) is 2. The molecule has 0 aliphatic carbocycles. The second-order valence-electron chi connectivity index (χ2n) is 5.66. The quantitative estimate of drug-likeness (QED) is 0.816. The number of hydrogen-bond acceptors (Lipinski definition) is 3. The third kappa shape index (κ3) is 6.52. The van der Waals surface area contributed by atoms with Crippen LogP contribution in [0.25, 0.3) is 0 Å². The van der Waals surface area contributed by atoms with Crippen LogP contribution in [0.3, 0.4) is 0 Å². The first kappa shape index (κ1) is 16.4. The lowest BCUT2D eigenvalue weighted by Gasteiger charge is -2.20. The summed E-state index contributed by atoms with van der Waals surface area (Å²) in [5, 5.41) is 5.87. The fourth-order valence-corrected chi connectivity index (χ4v) is 1.66. The van der Waals surface area contributed by atoms with Crippen LogP contribution in [0.4, 0.5) is 9.18 Å². The largest absolute Gasteiger partial charge is 0.444 e. The van der Waals surface area contributed by atoms with E-state index in [9.17, 15) is 9.18 Å². The van der Waals surface area contributed by atoms with E-state index in [1.807, 2.05) is 33.8 Å². The maximum absolute atomic E-state index is 13.1. The standard InChI is InChI=1S/C15H23FN2O2/c1-11(12-6-5-7-13(16)10-12)17-8-9-18-14(19)20-15(2,3)4/h5-7,10-11,17H,8-9H2,1-4H3,(H,18,19). The third-order valence-corrected chi connectivity index (χ3v) is 2.59. The second kappa shape index (κ2) is 7.24. The topological polar surface area (TPSA) is 50.4 Å². The Morgan fingerprint density at radius 2 is 2.05 bits per heavy atom. The predicted octanol–water partition coefficient (Wildman–Crippen LogP) is 3.00. The lowest BCUT2D eigenvalue weighted by Crippen LogP contribution is -2.36. The first-order valence-electron chi connectivity index (χ1n) is 6.73. The molecule has 0 aliphatic heterocycles. The summed E-state index contributed by atoms with van der Waals surface area (Å²) in [5.41, 5.74) is 0.383. The van der Waals surface area contributed by atoms with E-state index in [1.165, 1.54) is 12.1 Å². The highest BCUT2D eigenvalue weighted by Gasteiger charge is 2.15. The van der Waals surface area contributed by atoms with E-state index >= 15 is 0 Å². The lowest BCUT2D eigenvalue weighted by atomic mass is 10.1. The van der Waals surface area contributed by atoms with Gasteiger partial charge in [0, 0.05) is 19.1 Å². The molecule has 0 aromatic heterocycles. The smallest absolute Gasteiger partial charge is 0.407 e. The van der Waals surface area contributed by atoms with Gasteiger partial charge in [-0.1, -0.05) is 12.1 Å². The Morgan fingerprint density at radius 3 is 2.65 bits per heavy atom. The van der Waals surface area contributed by atoms with E-state index in [0.717, 1.165) is 5.56 Å². The van der Waals surface area contributed by atoms with Crippen LogP contribution in [0.2, 0.25) is 0 Å². The van der Waals surface area contributed by atoms with E-state index < -0.39 is 11.7 Å². The van der Waals surface area contributed by atoms with Crippen molar-refractivity contribution in [3.05, 3.63) is 35.6 Å². The number of hydrogen-bond donors (Lipinski definition) is 2. The molecule has 0 saturated heterocycles. The zero-order chi connectivity index (χ0) is 15.2. The van der Waals surface area contributed by atoms with Gasteiger partial charge in [0.05, 0.1) is 0 Å². The number of carbonyl (C=O) groups excluding carboxylic acids is 1. The molecule has 0 spiro atoms. The van der Waals surface area contributed by atoms with Crippen molar-refractivity contribution < 1.29 is 13.9 Å². The van der Waals surface area contributed by atoms with E-state index in [0.29, 0.717) is 13.1 Å². The molecule has 0 aliphatic rings. The molecule has 1 amide bonds. The highest BCUT2D eigenvalue weighted by molar-refractivity contribution is 5.67. The van der Waals surface area contributed by atoms with Crippen molar-refractivity contribution >= 4 is 6.09 Å². The molecule has 1 aromatic rings. The average molecular weight is 282 g/mol. The molecule has 0 fully saturated rings.